The first-order chi connectivity index (χ1) is 35.8. The predicted molar refractivity (Wildman–Crippen MR) is 332 cm³/mol. The maximum Gasteiger partial charge on any atom is 0.252 e. The van der Waals surface area contributed by atoms with Crippen molar-refractivity contribution in [3.8, 4) is 16.9 Å². The molecule has 13 rings (SSSR count). The topological polar surface area (TPSA) is 11.4 Å². The molecule has 3 aliphatic rings. The van der Waals surface area contributed by atoms with Crippen LogP contribution in [0.5, 0.6) is 0 Å². The molecule has 0 N–H and O–H groups in total. The summed E-state index contributed by atoms with van der Waals surface area (Å²) < 4.78 is 5.35. The van der Waals surface area contributed by atoms with E-state index in [4.69, 9.17) is 0 Å². The molecule has 0 fully saturated rings. The van der Waals surface area contributed by atoms with Crippen LogP contribution in [-0.2, 0) is 27.1 Å². The van der Waals surface area contributed by atoms with Crippen molar-refractivity contribution in [2.75, 3.05) is 9.80 Å². The fraction of sp³-hybridized carbons (Fsp3) is 0.296. The molecule has 5 heteroatoms. The zero-order valence-electron chi connectivity index (χ0n) is 47.7. The van der Waals surface area contributed by atoms with Gasteiger partial charge in [-0.05, 0) is 151 Å². The predicted octanol–water partition coefficient (Wildman–Crippen LogP) is 18.2. The lowest BCUT2D eigenvalue weighted by Gasteiger charge is -2.42. The number of anilines is 6. The van der Waals surface area contributed by atoms with Gasteiger partial charge in [-0.25, -0.2) is 0 Å². The van der Waals surface area contributed by atoms with Crippen LogP contribution in [0.25, 0.3) is 48.0 Å². The third-order valence-corrected chi connectivity index (χ3v) is 18.8. The number of nitrogens with zero attached hydrogens (tertiary/aromatic N) is 3. The summed E-state index contributed by atoms with van der Waals surface area (Å²) in [5.41, 5.74) is 27.1. The molecule has 0 unspecified atom stereocenters. The Hall–Kier alpha value is -6.82. The summed E-state index contributed by atoms with van der Waals surface area (Å²) in [5, 5.41) is 3.99. The second kappa shape index (κ2) is 16.1. The fourth-order valence-corrected chi connectivity index (χ4v) is 14.6. The number of rotatable bonds is 4. The second-order valence-electron chi connectivity index (χ2n) is 27.2. The maximum atomic E-state index is 2.73. The minimum Gasteiger partial charge on any atom is -0.310 e. The molecule has 0 atom stereocenters. The maximum absolute atomic E-state index is 2.73. The van der Waals surface area contributed by atoms with Gasteiger partial charge in [0.15, 0.2) is 0 Å². The number of hydrogen-bond donors (Lipinski definition) is 0. The zero-order chi connectivity index (χ0) is 53.5. The van der Waals surface area contributed by atoms with Gasteiger partial charge in [0, 0.05) is 71.5 Å². The Morgan fingerprint density at radius 2 is 1.08 bits per heavy atom. The number of aromatic nitrogens is 1. The van der Waals surface area contributed by atoms with E-state index in [9.17, 15) is 0 Å². The van der Waals surface area contributed by atoms with Crippen molar-refractivity contribution in [2.45, 2.75) is 138 Å². The van der Waals surface area contributed by atoms with E-state index in [1.807, 2.05) is 11.3 Å². The first-order valence-corrected chi connectivity index (χ1v) is 28.5. The van der Waals surface area contributed by atoms with Crippen LogP contribution in [0.3, 0.4) is 0 Å². The number of hydrogen-bond acceptors (Lipinski definition) is 3. The van der Waals surface area contributed by atoms with Gasteiger partial charge in [0.1, 0.15) is 0 Å². The van der Waals surface area contributed by atoms with E-state index in [1.54, 1.807) is 0 Å². The normalized spacial score (nSPS) is 14.6. The smallest absolute Gasteiger partial charge is 0.252 e. The van der Waals surface area contributed by atoms with Crippen LogP contribution in [0.2, 0.25) is 0 Å². The molecule has 2 aliphatic heterocycles. The molecular weight excluding hydrogens is 938 g/mol. The van der Waals surface area contributed by atoms with Crippen molar-refractivity contribution in [1.82, 2.24) is 4.57 Å². The van der Waals surface area contributed by atoms with Crippen molar-refractivity contribution in [3.63, 3.8) is 0 Å². The van der Waals surface area contributed by atoms with Gasteiger partial charge in [-0.1, -0.05) is 188 Å². The lowest BCUT2D eigenvalue weighted by Crippen LogP contribution is -2.60. The number of benzene rings is 8. The molecule has 0 amide bonds. The molecule has 8 aromatic carbocycles. The number of aryl methyl sites for hydroxylation is 2. The van der Waals surface area contributed by atoms with Crippen molar-refractivity contribution in [1.29, 1.82) is 0 Å². The molecule has 0 saturated heterocycles. The quantitative estimate of drug-likeness (QED) is 0.163. The molecule has 76 heavy (non-hydrogen) atoms. The van der Waals surface area contributed by atoms with E-state index in [-0.39, 0.29) is 33.8 Å². The van der Waals surface area contributed by atoms with Crippen molar-refractivity contribution < 1.29 is 0 Å². The van der Waals surface area contributed by atoms with Crippen molar-refractivity contribution in [2.24, 2.45) is 0 Å². The fourth-order valence-electron chi connectivity index (χ4n) is 13.4. The van der Waals surface area contributed by atoms with E-state index < -0.39 is 0 Å². The van der Waals surface area contributed by atoms with Gasteiger partial charge in [-0.3, -0.25) is 0 Å². The van der Waals surface area contributed by atoms with Crippen LogP contribution < -0.4 is 26.2 Å². The van der Waals surface area contributed by atoms with E-state index in [0.29, 0.717) is 0 Å². The monoisotopic (exact) mass is 1010 g/mol. The second-order valence-corrected chi connectivity index (χ2v) is 28.3. The Kier molecular flexibility index (Phi) is 10.3. The van der Waals surface area contributed by atoms with Crippen LogP contribution >= 0.6 is 11.3 Å². The van der Waals surface area contributed by atoms with Crippen molar-refractivity contribution in [3.05, 3.63) is 190 Å². The Morgan fingerprint density at radius 1 is 0.487 bits per heavy atom. The van der Waals surface area contributed by atoms with Gasteiger partial charge in [0.05, 0.1) is 16.1 Å². The van der Waals surface area contributed by atoms with E-state index >= 15 is 0 Å². The lowest BCUT2D eigenvalue weighted by molar-refractivity contribution is 0.589. The van der Waals surface area contributed by atoms with E-state index in [1.165, 1.54) is 137 Å². The minimum atomic E-state index is -0.195. The Labute approximate surface area is 456 Å². The summed E-state index contributed by atoms with van der Waals surface area (Å²) in [6, 6.07) is 57.4. The molecule has 2 aromatic heterocycles. The summed E-state index contributed by atoms with van der Waals surface area (Å²) >= 11 is 1.92. The molecule has 1 aliphatic carbocycles. The molecule has 3 nitrogen and oxygen atoms in total. The zero-order valence-corrected chi connectivity index (χ0v) is 48.5. The summed E-state index contributed by atoms with van der Waals surface area (Å²) in [5.74, 6) is 0. The molecule has 0 bridgehead atoms. The number of thiophene rings is 1. The van der Waals surface area contributed by atoms with Gasteiger partial charge in [-0.15, -0.1) is 11.3 Å². The summed E-state index contributed by atoms with van der Waals surface area (Å²) in [7, 11) is 0. The van der Waals surface area contributed by atoms with Gasteiger partial charge < -0.3 is 14.4 Å². The minimum absolute atomic E-state index is 0.0192. The Balaban J connectivity index is 1.18. The van der Waals surface area contributed by atoms with Crippen LogP contribution in [0.4, 0.5) is 34.1 Å². The van der Waals surface area contributed by atoms with Gasteiger partial charge in [0.25, 0.3) is 6.71 Å². The molecule has 0 spiro atoms. The highest BCUT2D eigenvalue weighted by atomic mass is 32.1. The number of fused-ring (bicyclic) bond motifs is 12. The highest BCUT2D eigenvalue weighted by molar-refractivity contribution is 7.26. The van der Waals surface area contributed by atoms with E-state index in [0.717, 1.165) is 5.69 Å². The first kappa shape index (κ1) is 48.8. The first-order valence-electron chi connectivity index (χ1n) is 27.7. The molecule has 0 radical (unpaired) electrons. The molecule has 380 valence electrons. The van der Waals surface area contributed by atoms with Crippen LogP contribution in [0.1, 0.15) is 141 Å². The SMILES string of the molecule is Cc1cc(C(C)(C)C)ccc1N(c1ccc2c(c1)N(c1cccc3c1sc1ccccc13)c1cc(C(C)(C)C)cc3c1B2c1cc(C(C)(C)C)cc2c4c(n-3c12)-c1ccccc1C4(C)C)c1ccc(C(C)(C)C)cc1C. The van der Waals surface area contributed by atoms with Gasteiger partial charge >= 0.3 is 0 Å². The summed E-state index contributed by atoms with van der Waals surface area (Å²) in [6.07, 6.45) is 0. The van der Waals surface area contributed by atoms with Crippen LogP contribution in [0, 0.1) is 13.8 Å². The average molecular weight is 1010 g/mol. The molecule has 10 aromatic rings. The van der Waals surface area contributed by atoms with Gasteiger partial charge in [-0.2, -0.15) is 0 Å². The molecule has 4 heterocycles. The largest absolute Gasteiger partial charge is 0.310 e. The highest BCUT2D eigenvalue weighted by Gasteiger charge is 2.48. The molecule has 0 saturated carbocycles. The Bertz CT molecular complexity index is 4050. The third-order valence-electron chi connectivity index (χ3n) is 17.6. The van der Waals surface area contributed by atoms with Crippen LogP contribution in [0.15, 0.2) is 146 Å². The standard InChI is InChI=1S/C71H72BN3S/c1-41-34-43(67(3,4)5)28-32-55(41)73(56-33-29-44(35-42(56)2)68(6,7)8)47-30-31-53-58(40-47)74(57-26-21-24-49-48-22-18-20-27-61(48)76-66(49)57)59-38-46(70(12,13)14)39-60-63(59)72(53)54-37-45(69(9,10)11)36-51-62-65(75(60)64(51)54)50-23-17-19-25-52(50)71(62,15)16/h17-40H,1-16H3. The lowest BCUT2D eigenvalue weighted by atomic mass is 9.33. The van der Waals surface area contributed by atoms with Crippen molar-refractivity contribution >= 4 is 99.6 Å². The summed E-state index contributed by atoms with van der Waals surface area (Å²) in [6.45, 7) is 37.8. The van der Waals surface area contributed by atoms with Crippen LogP contribution in [-0.4, -0.2) is 11.3 Å². The van der Waals surface area contributed by atoms with Gasteiger partial charge in [0.2, 0.25) is 0 Å². The third kappa shape index (κ3) is 7.06. The Morgan fingerprint density at radius 3 is 1.72 bits per heavy atom. The van der Waals surface area contributed by atoms with E-state index in [2.05, 4.69) is 271 Å². The highest BCUT2D eigenvalue weighted by Crippen LogP contribution is 2.56. The molecular formula is C71H72BN3S. The summed E-state index contributed by atoms with van der Waals surface area (Å²) in [4.78, 5) is 5.25. The average Bonchev–Trinajstić information content (AvgIpc) is 4.14.